The Morgan fingerprint density at radius 1 is 1.38 bits per heavy atom. The van der Waals surface area contributed by atoms with Gasteiger partial charge in [0, 0.05) is 18.6 Å². The molecule has 4 nitrogen and oxygen atoms in total. The SMILES string of the molecule is CN=C(NCc1ccccc1Cl)NC1CC2CCC1O2.I. The Morgan fingerprint density at radius 3 is 2.81 bits per heavy atom. The molecule has 21 heavy (non-hydrogen) atoms. The van der Waals surface area contributed by atoms with Gasteiger partial charge in [-0.15, -0.1) is 24.0 Å². The number of rotatable bonds is 3. The van der Waals surface area contributed by atoms with Crippen LogP contribution in [-0.4, -0.2) is 31.3 Å². The molecule has 0 saturated carbocycles. The van der Waals surface area contributed by atoms with Crippen LogP contribution in [0.4, 0.5) is 0 Å². The maximum Gasteiger partial charge on any atom is 0.191 e. The van der Waals surface area contributed by atoms with E-state index in [1.54, 1.807) is 7.05 Å². The minimum atomic E-state index is 0. The number of guanidine groups is 1. The Kier molecular flexibility index (Phi) is 6.13. The Labute approximate surface area is 147 Å². The van der Waals surface area contributed by atoms with E-state index in [1.807, 2.05) is 24.3 Å². The summed E-state index contributed by atoms with van der Waals surface area (Å²) in [6, 6.07) is 8.22. The van der Waals surface area contributed by atoms with Crippen molar-refractivity contribution in [3.63, 3.8) is 0 Å². The lowest BCUT2D eigenvalue weighted by Crippen LogP contribution is -2.47. The van der Waals surface area contributed by atoms with Gasteiger partial charge in [0.2, 0.25) is 0 Å². The Balaban J connectivity index is 0.00000161. The van der Waals surface area contributed by atoms with Gasteiger partial charge < -0.3 is 15.4 Å². The minimum absolute atomic E-state index is 0. The number of ether oxygens (including phenoxy) is 1. The summed E-state index contributed by atoms with van der Waals surface area (Å²) >= 11 is 6.15. The topological polar surface area (TPSA) is 45.7 Å². The zero-order chi connectivity index (χ0) is 13.9. The molecule has 1 aromatic carbocycles. The summed E-state index contributed by atoms with van der Waals surface area (Å²) in [5, 5.41) is 7.55. The van der Waals surface area contributed by atoms with Gasteiger partial charge in [0.1, 0.15) is 0 Å². The van der Waals surface area contributed by atoms with Gasteiger partial charge in [0.15, 0.2) is 5.96 Å². The van der Waals surface area contributed by atoms with Crippen molar-refractivity contribution >= 4 is 41.5 Å². The van der Waals surface area contributed by atoms with Crippen LogP contribution < -0.4 is 10.6 Å². The van der Waals surface area contributed by atoms with Crippen molar-refractivity contribution in [2.45, 2.75) is 44.1 Å². The minimum Gasteiger partial charge on any atom is -0.373 e. The third kappa shape index (κ3) is 4.02. The van der Waals surface area contributed by atoms with Crippen LogP contribution in [0.1, 0.15) is 24.8 Å². The van der Waals surface area contributed by atoms with Gasteiger partial charge in [-0.3, -0.25) is 4.99 Å². The molecular weight excluding hydrogens is 401 g/mol. The summed E-state index contributed by atoms with van der Waals surface area (Å²) in [6.07, 6.45) is 4.23. The van der Waals surface area contributed by atoms with Crippen LogP contribution in [0.5, 0.6) is 0 Å². The van der Waals surface area contributed by atoms with Gasteiger partial charge >= 0.3 is 0 Å². The van der Waals surface area contributed by atoms with Gasteiger partial charge in [0.25, 0.3) is 0 Å². The van der Waals surface area contributed by atoms with E-state index in [-0.39, 0.29) is 24.0 Å². The van der Waals surface area contributed by atoms with Crippen LogP contribution in [0.3, 0.4) is 0 Å². The van der Waals surface area contributed by atoms with E-state index in [2.05, 4.69) is 15.6 Å². The maximum absolute atomic E-state index is 6.15. The maximum atomic E-state index is 6.15. The van der Waals surface area contributed by atoms with E-state index in [0.29, 0.717) is 24.8 Å². The Morgan fingerprint density at radius 2 is 2.19 bits per heavy atom. The van der Waals surface area contributed by atoms with Gasteiger partial charge in [-0.2, -0.15) is 0 Å². The zero-order valence-corrected chi connectivity index (χ0v) is 15.1. The molecule has 116 valence electrons. The molecule has 0 spiro atoms. The van der Waals surface area contributed by atoms with E-state index >= 15 is 0 Å². The smallest absolute Gasteiger partial charge is 0.191 e. The molecule has 1 aromatic rings. The van der Waals surface area contributed by atoms with E-state index in [9.17, 15) is 0 Å². The van der Waals surface area contributed by atoms with Crippen LogP contribution >= 0.6 is 35.6 Å². The fraction of sp³-hybridized carbons (Fsp3) is 0.533. The van der Waals surface area contributed by atoms with E-state index in [4.69, 9.17) is 16.3 Å². The summed E-state index contributed by atoms with van der Waals surface area (Å²) in [6.45, 7) is 0.668. The molecule has 3 rings (SSSR count). The van der Waals surface area contributed by atoms with E-state index in [1.165, 1.54) is 6.42 Å². The molecule has 2 saturated heterocycles. The molecule has 6 heteroatoms. The van der Waals surface area contributed by atoms with Crippen LogP contribution in [0, 0.1) is 0 Å². The number of fused-ring (bicyclic) bond motifs is 2. The molecule has 2 aliphatic rings. The molecule has 2 bridgehead atoms. The van der Waals surface area contributed by atoms with Crippen molar-refractivity contribution in [3.8, 4) is 0 Å². The van der Waals surface area contributed by atoms with Gasteiger partial charge in [0.05, 0.1) is 18.2 Å². The van der Waals surface area contributed by atoms with Gasteiger partial charge in [-0.25, -0.2) is 0 Å². The molecule has 2 fully saturated rings. The first-order valence-corrected chi connectivity index (χ1v) is 7.50. The summed E-state index contributed by atoms with van der Waals surface area (Å²) in [7, 11) is 1.79. The highest BCUT2D eigenvalue weighted by Gasteiger charge is 2.41. The number of halogens is 2. The predicted octanol–water partition coefficient (Wildman–Crippen LogP) is 2.94. The zero-order valence-electron chi connectivity index (χ0n) is 12.0. The fourth-order valence-electron chi connectivity index (χ4n) is 2.98. The third-order valence-corrected chi connectivity index (χ3v) is 4.42. The highest BCUT2D eigenvalue weighted by Crippen LogP contribution is 2.34. The number of nitrogens with zero attached hydrogens (tertiary/aromatic N) is 1. The van der Waals surface area contributed by atoms with Crippen LogP contribution in [-0.2, 0) is 11.3 Å². The van der Waals surface area contributed by atoms with Crippen molar-refractivity contribution in [3.05, 3.63) is 34.9 Å². The van der Waals surface area contributed by atoms with Gasteiger partial charge in [-0.1, -0.05) is 29.8 Å². The van der Waals surface area contributed by atoms with Gasteiger partial charge in [-0.05, 0) is 30.9 Å². The van der Waals surface area contributed by atoms with Crippen LogP contribution in [0.25, 0.3) is 0 Å². The monoisotopic (exact) mass is 421 g/mol. The average molecular weight is 422 g/mol. The first-order valence-electron chi connectivity index (χ1n) is 7.12. The fourth-order valence-corrected chi connectivity index (χ4v) is 3.18. The predicted molar refractivity (Wildman–Crippen MR) is 96.5 cm³/mol. The average Bonchev–Trinajstić information content (AvgIpc) is 3.07. The molecule has 3 atom stereocenters. The Hall–Kier alpha value is -0.530. The Bertz CT molecular complexity index is 511. The molecule has 0 radical (unpaired) electrons. The molecule has 2 N–H and O–H groups in total. The van der Waals surface area contributed by atoms with Crippen molar-refractivity contribution in [2.75, 3.05) is 7.05 Å². The third-order valence-electron chi connectivity index (χ3n) is 4.06. The summed E-state index contributed by atoms with van der Waals surface area (Å²) < 4.78 is 5.85. The normalized spacial score (nSPS) is 27.3. The first kappa shape index (κ1) is 16.8. The summed E-state index contributed by atoms with van der Waals surface area (Å²) in [4.78, 5) is 4.28. The lowest BCUT2D eigenvalue weighted by Gasteiger charge is -2.22. The van der Waals surface area contributed by atoms with Crippen molar-refractivity contribution in [1.82, 2.24) is 10.6 Å². The molecule has 3 unspecified atom stereocenters. The molecule has 0 amide bonds. The lowest BCUT2D eigenvalue weighted by molar-refractivity contribution is 0.0992. The number of nitrogens with one attached hydrogen (secondary N) is 2. The van der Waals surface area contributed by atoms with E-state index in [0.717, 1.165) is 29.4 Å². The van der Waals surface area contributed by atoms with Crippen molar-refractivity contribution in [2.24, 2.45) is 4.99 Å². The highest BCUT2D eigenvalue weighted by atomic mass is 127. The number of hydrogen-bond donors (Lipinski definition) is 2. The van der Waals surface area contributed by atoms with Crippen molar-refractivity contribution < 1.29 is 4.74 Å². The molecule has 0 aliphatic carbocycles. The molecule has 2 aliphatic heterocycles. The van der Waals surface area contributed by atoms with Crippen molar-refractivity contribution in [1.29, 1.82) is 0 Å². The second-order valence-electron chi connectivity index (χ2n) is 5.38. The molecular formula is C15H21ClIN3O. The summed E-state index contributed by atoms with van der Waals surface area (Å²) in [5.74, 6) is 0.811. The summed E-state index contributed by atoms with van der Waals surface area (Å²) in [5.41, 5.74) is 1.07. The second-order valence-corrected chi connectivity index (χ2v) is 5.78. The second kappa shape index (κ2) is 7.65. The van der Waals surface area contributed by atoms with Crippen LogP contribution in [0.15, 0.2) is 29.3 Å². The van der Waals surface area contributed by atoms with Crippen LogP contribution in [0.2, 0.25) is 5.02 Å². The molecule has 0 aromatic heterocycles. The number of benzene rings is 1. The first-order chi connectivity index (χ1) is 9.76. The number of hydrogen-bond acceptors (Lipinski definition) is 2. The standard InChI is InChI=1S/C15H20ClN3O.HI/c1-17-15(18-9-10-4-2-3-5-12(10)16)19-13-8-11-6-7-14(13)20-11;/h2-5,11,13-14H,6-9H2,1H3,(H2,17,18,19);1H. The number of aliphatic imine (C=N–C) groups is 1. The lowest BCUT2D eigenvalue weighted by atomic mass is 9.96. The van der Waals surface area contributed by atoms with E-state index < -0.39 is 0 Å². The largest absolute Gasteiger partial charge is 0.373 e. The molecule has 2 heterocycles. The highest BCUT2D eigenvalue weighted by molar-refractivity contribution is 14.0. The quantitative estimate of drug-likeness (QED) is 0.448.